The van der Waals surface area contributed by atoms with Crippen LogP contribution in [-0.2, 0) is 6.54 Å². The fraction of sp³-hybridized carbons (Fsp3) is 0.190. The van der Waals surface area contributed by atoms with Crippen molar-refractivity contribution in [2.24, 2.45) is 0 Å². The maximum Gasteiger partial charge on any atom is 0.212 e. The summed E-state index contributed by atoms with van der Waals surface area (Å²) in [5.41, 5.74) is 6.46. The molecule has 22 heavy (non-hydrogen) atoms. The van der Waals surface area contributed by atoms with Crippen LogP contribution in [0.15, 0.2) is 72.9 Å². The molecule has 0 aliphatic heterocycles. The van der Waals surface area contributed by atoms with E-state index in [1.165, 1.54) is 27.9 Å². The molecule has 3 rings (SSSR count). The van der Waals surface area contributed by atoms with Gasteiger partial charge in [-0.1, -0.05) is 55.5 Å². The number of aryl methyl sites for hydroxylation is 2. The minimum absolute atomic E-state index is 1.03. The van der Waals surface area contributed by atoms with Crippen LogP contribution in [0.5, 0.6) is 0 Å². The van der Waals surface area contributed by atoms with Gasteiger partial charge in [0.15, 0.2) is 6.20 Å². The molecule has 0 aliphatic rings. The number of rotatable bonds is 4. The van der Waals surface area contributed by atoms with E-state index in [1.807, 2.05) is 0 Å². The lowest BCUT2D eigenvalue weighted by Gasteiger charge is -2.08. The van der Waals surface area contributed by atoms with Crippen LogP contribution >= 0.6 is 0 Å². The van der Waals surface area contributed by atoms with Crippen LogP contribution in [0.25, 0.3) is 22.4 Å². The molecule has 2 aromatic carbocycles. The highest BCUT2D eigenvalue weighted by Crippen LogP contribution is 2.23. The van der Waals surface area contributed by atoms with Crippen molar-refractivity contribution >= 4 is 0 Å². The van der Waals surface area contributed by atoms with Gasteiger partial charge in [0.2, 0.25) is 5.69 Å². The molecule has 1 heteroatoms. The second-order valence-corrected chi connectivity index (χ2v) is 5.68. The minimum atomic E-state index is 1.03. The molecule has 0 radical (unpaired) electrons. The Balaban J connectivity index is 2.11. The molecule has 0 N–H and O–H groups in total. The van der Waals surface area contributed by atoms with Gasteiger partial charge in [-0.05, 0) is 30.2 Å². The zero-order chi connectivity index (χ0) is 15.4. The molecule has 1 nitrogen and oxygen atoms in total. The summed E-state index contributed by atoms with van der Waals surface area (Å²) in [4.78, 5) is 0. The number of pyridine rings is 1. The van der Waals surface area contributed by atoms with Gasteiger partial charge in [-0.25, -0.2) is 0 Å². The third-order valence-corrected chi connectivity index (χ3v) is 4.02. The molecule has 3 aromatic rings. The van der Waals surface area contributed by atoms with E-state index in [0.717, 1.165) is 13.0 Å². The summed E-state index contributed by atoms with van der Waals surface area (Å²) in [7, 11) is 0. The molecule has 110 valence electrons. The maximum absolute atomic E-state index is 2.38. The Labute approximate surface area is 132 Å². The monoisotopic (exact) mass is 288 g/mol. The lowest BCUT2D eigenvalue weighted by Crippen LogP contribution is -2.36. The molecule has 1 heterocycles. The Morgan fingerprint density at radius 1 is 0.773 bits per heavy atom. The van der Waals surface area contributed by atoms with E-state index >= 15 is 0 Å². The van der Waals surface area contributed by atoms with Gasteiger partial charge in [0, 0.05) is 23.6 Å². The van der Waals surface area contributed by atoms with E-state index in [9.17, 15) is 0 Å². The van der Waals surface area contributed by atoms with Crippen molar-refractivity contribution in [1.82, 2.24) is 0 Å². The van der Waals surface area contributed by atoms with Crippen LogP contribution in [0.4, 0.5) is 0 Å². The van der Waals surface area contributed by atoms with Crippen molar-refractivity contribution in [2.45, 2.75) is 26.8 Å². The predicted molar refractivity (Wildman–Crippen MR) is 92.5 cm³/mol. The van der Waals surface area contributed by atoms with Crippen molar-refractivity contribution in [3.8, 4) is 22.4 Å². The summed E-state index contributed by atoms with van der Waals surface area (Å²) in [6.45, 7) is 5.44. The summed E-state index contributed by atoms with van der Waals surface area (Å²) >= 11 is 0. The van der Waals surface area contributed by atoms with Gasteiger partial charge in [0.05, 0.1) is 0 Å². The summed E-state index contributed by atoms with van der Waals surface area (Å²) in [5.74, 6) is 0. The van der Waals surface area contributed by atoms with Crippen molar-refractivity contribution in [3.63, 3.8) is 0 Å². The highest BCUT2D eigenvalue weighted by molar-refractivity contribution is 5.66. The molecular formula is C21H22N+. The highest BCUT2D eigenvalue weighted by Gasteiger charge is 2.15. The second kappa shape index (κ2) is 6.57. The van der Waals surface area contributed by atoms with E-state index in [2.05, 4.69) is 91.3 Å². The fourth-order valence-electron chi connectivity index (χ4n) is 2.88. The normalized spacial score (nSPS) is 10.6. The predicted octanol–water partition coefficient (Wildman–Crippen LogP) is 5.03. The number of hydrogen-bond donors (Lipinski definition) is 0. The Morgan fingerprint density at radius 2 is 1.50 bits per heavy atom. The van der Waals surface area contributed by atoms with Gasteiger partial charge in [0.25, 0.3) is 0 Å². The summed E-state index contributed by atoms with van der Waals surface area (Å²) in [6, 6.07) is 23.7. The standard InChI is InChI=1S/C21H22N/c1-3-15-22-16-19(18-10-5-4-6-11-18)13-14-21(22)20-12-8-7-9-17(20)2/h4-14,16H,3,15H2,1-2H3/q+1. The average Bonchev–Trinajstić information content (AvgIpc) is 2.57. The Hall–Kier alpha value is -2.41. The van der Waals surface area contributed by atoms with Gasteiger partial charge >= 0.3 is 0 Å². The smallest absolute Gasteiger partial charge is 0.198 e. The van der Waals surface area contributed by atoms with Crippen molar-refractivity contribution in [2.75, 3.05) is 0 Å². The van der Waals surface area contributed by atoms with Crippen molar-refractivity contribution in [1.29, 1.82) is 0 Å². The zero-order valence-electron chi connectivity index (χ0n) is 13.3. The average molecular weight is 288 g/mol. The molecule has 0 saturated heterocycles. The van der Waals surface area contributed by atoms with Crippen LogP contribution in [0.3, 0.4) is 0 Å². The lowest BCUT2D eigenvalue weighted by molar-refractivity contribution is -0.685. The fourth-order valence-corrected chi connectivity index (χ4v) is 2.88. The molecule has 0 saturated carbocycles. The van der Waals surface area contributed by atoms with Gasteiger partial charge in [-0.15, -0.1) is 0 Å². The summed E-state index contributed by atoms with van der Waals surface area (Å²) < 4.78 is 2.38. The molecule has 0 aliphatic carbocycles. The molecule has 0 unspecified atom stereocenters. The molecule has 0 fully saturated rings. The number of benzene rings is 2. The van der Waals surface area contributed by atoms with E-state index in [1.54, 1.807) is 0 Å². The Morgan fingerprint density at radius 3 is 2.23 bits per heavy atom. The first kappa shape index (κ1) is 14.5. The summed E-state index contributed by atoms with van der Waals surface area (Å²) in [5, 5.41) is 0. The van der Waals surface area contributed by atoms with Gasteiger partial charge in [-0.2, -0.15) is 4.57 Å². The van der Waals surface area contributed by atoms with Crippen LogP contribution < -0.4 is 4.57 Å². The summed E-state index contributed by atoms with van der Waals surface area (Å²) in [6.07, 6.45) is 3.41. The number of nitrogens with zero attached hydrogens (tertiary/aromatic N) is 1. The SMILES string of the molecule is CCC[n+]1cc(-c2ccccc2)ccc1-c1ccccc1C. The first-order chi connectivity index (χ1) is 10.8. The molecule has 1 aromatic heterocycles. The molecular weight excluding hydrogens is 266 g/mol. The van der Waals surface area contributed by atoms with Gasteiger partial charge in [0.1, 0.15) is 6.54 Å². The van der Waals surface area contributed by atoms with E-state index in [0.29, 0.717) is 0 Å². The molecule has 0 atom stereocenters. The first-order valence-corrected chi connectivity index (χ1v) is 7.94. The number of aromatic nitrogens is 1. The minimum Gasteiger partial charge on any atom is -0.198 e. The zero-order valence-corrected chi connectivity index (χ0v) is 13.3. The maximum atomic E-state index is 2.38. The van der Waals surface area contributed by atoms with Crippen molar-refractivity contribution in [3.05, 3.63) is 78.5 Å². The lowest BCUT2D eigenvalue weighted by atomic mass is 10.0. The van der Waals surface area contributed by atoms with E-state index in [4.69, 9.17) is 0 Å². The molecule has 0 amide bonds. The number of hydrogen-bond acceptors (Lipinski definition) is 0. The van der Waals surface area contributed by atoms with Gasteiger partial charge in [-0.3, -0.25) is 0 Å². The quantitative estimate of drug-likeness (QED) is 0.593. The van der Waals surface area contributed by atoms with Crippen LogP contribution in [-0.4, -0.2) is 0 Å². The third kappa shape index (κ3) is 2.94. The van der Waals surface area contributed by atoms with Crippen LogP contribution in [0.1, 0.15) is 18.9 Å². The van der Waals surface area contributed by atoms with Crippen molar-refractivity contribution < 1.29 is 4.57 Å². The molecule has 0 spiro atoms. The van der Waals surface area contributed by atoms with E-state index in [-0.39, 0.29) is 0 Å². The topological polar surface area (TPSA) is 3.88 Å². The van der Waals surface area contributed by atoms with Crippen LogP contribution in [0.2, 0.25) is 0 Å². The second-order valence-electron chi connectivity index (χ2n) is 5.68. The van der Waals surface area contributed by atoms with E-state index < -0.39 is 0 Å². The Kier molecular flexibility index (Phi) is 4.34. The third-order valence-electron chi connectivity index (χ3n) is 4.02. The highest BCUT2D eigenvalue weighted by atomic mass is 15.0. The largest absolute Gasteiger partial charge is 0.212 e. The molecule has 0 bridgehead atoms. The van der Waals surface area contributed by atoms with Crippen LogP contribution in [0, 0.1) is 6.92 Å². The Bertz CT molecular complexity index is 760. The van der Waals surface area contributed by atoms with Gasteiger partial charge < -0.3 is 0 Å². The first-order valence-electron chi connectivity index (χ1n) is 7.94.